The normalized spacial score (nSPS) is 23.5. The largest absolute Gasteiger partial charge is 0.349 e. The molecule has 3 atom stereocenters. The van der Waals surface area contributed by atoms with Gasteiger partial charge >= 0.3 is 0 Å². The second-order valence-corrected chi connectivity index (χ2v) is 6.67. The Hall–Kier alpha value is -2.43. The summed E-state index contributed by atoms with van der Waals surface area (Å²) in [4.78, 5) is 38.4. The molecule has 1 saturated heterocycles. The SMILES string of the molecule is CCC(NC(=O)CCN1C(=O)[C@H]2CC=CC[C@H]2C1=O)c1ccccc1. The van der Waals surface area contributed by atoms with Crippen LogP contribution in [0.15, 0.2) is 42.5 Å². The average Bonchev–Trinajstić information content (AvgIpc) is 2.89. The van der Waals surface area contributed by atoms with Crippen molar-refractivity contribution in [1.82, 2.24) is 10.2 Å². The highest BCUT2D eigenvalue weighted by Gasteiger charge is 2.46. The minimum atomic E-state index is -0.228. The maximum Gasteiger partial charge on any atom is 0.233 e. The molecule has 1 aliphatic heterocycles. The molecule has 5 nitrogen and oxygen atoms in total. The number of nitrogens with zero attached hydrogens (tertiary/aromatic N) is 1. The molecule has 0 saturated carbocycles. The van der Waals surface area contributed by atoms with Gasteiger partial charge in [-0.25, -0.2) is 0 Å². The van der Waals surface area contributed by atoms with E-state index < -0.39 is 0 Å². The van der Waals surface area contributed by atoms with E-state index in [1.54, 1.807) is 0 Å². The van der Waals surface area contributed by atoms with Crippen LogP contribution in [0.5, 0.6) is 0 Å². The molecule has 0 spiro atoms. The number of allylic oxidation sites excluding steroid dienone is 2. The average molecular weight is 340 g/mol. The zero-order chi connectivity index (χ0) is 17.8. The van der Waals surface area contributed by atoms with Gasteiger partial charge in [-0.1, -0.05) is 49.4 Å². The van der Waals surface area contributed by atoms with Crippen molar-refractivity contribution in [3.63, 3.8) is 0 Å². The van der Waals surface area contributed by atoms with Crippen LogP contribution in [0.3, 0.4) is 0 Å². The van der Waals surface area contributed by atoms with Crippen LogP contribution in [0.25, 0.3) is 0 Å². The number of amides is 3. The highest BCUT2D eigenvalue weighted by Crippen LogP contribution is 2.35. The van der Waals surface area contributed by atoms with Crippen LogP contribution in [0.2, 0.25) is 0 Å². The van der Waals surface area contributed by atoms with E-state index in [2.05, 4.69) is 5.32 Å². The Kier molecular flexibility index (Phi) is 5.31. The fourth-order valence-electron chi connectivity index (χ4n) is 3.68. The molecule has 25 heavy (non-hydrogen) atoms. The Labute approximate surface area is 148 Å². The highest BCUT2D eigenvalue weighted by atomic mass is 16.2. The Bertz CT molecular complexity index is 657. The number of hydrogen-bond acceptors (Lipinski definition) is 3. The molecule has 132 valence electrons. The molecular weight excluding hydrogens is 316 g/mol. The number of benzene rings is 1. The highest BCUT2D eigenvalue weighted by molar-refractivity contribution is 6.05. The number of rotatable bonds is 6. The molecule has 3 rings (SSSR count). The molecule has 0 bridgehead atoms. The van der Waals surface area contributed by atoms with Crippen molar-refractivity contribution in [1.29, 1.82) is 0 Å². The van der Waals surface area contributed by atoms with Crippen molar-refractivity contribution >= 4 is 17.7 Å². The minimum Gasteiger partial charge on any atom is -0.349 e. The van der Waals surface area contributed by atoms with Crippen molar-refractivity contribution < 1.29 is 14.4 Å². The molecule has 0 radical (unpaired) electrons. The molecule has 1 heterocycles. The van der Waals surface area contributed by atoms with E-state index in [9.17, 15) is 14.4 Å². The molecular formula is C20H24N2O3. The summed E-state index contributed by atoms with van der Waals surface area (Å²) in [7, 11) is 0. The summed E-state index contributed by atoms with van der Waals surface area (Å²) in [5.74, 6) is -0.838. The summed E-state index contributed by atoms with van der Waals surface area (Å²) in [6.07, 6.45) is 6.12. The summed E-state index contributed by atoms with van der Waals surface area (Å²) in [6.45, 7) is 2.19. The van der Waals surface area contributed by atoms with Crippen LogP contribution in [0, 0.1) is 11.8 Å². The van der Waals surface area contributed by atoms with Gasteiger partial charge in [-0.2, -0.15) is 0 Å². The topological polar surface area (TPSA) is 66.5 Å². The zero-order valence-electron chi connectivity index (χ0n) is 14.5. The van der Waals surface area contributed by atoms with E-state index in [4.69, 9.17) is 0 Å². The van der Waals surface area contributed by atoms with Crippen molar-refractivity contribution in [2.45, 2.75) is 38.6 Å². The number of imide groups is 1. The van der Waals surface area contributed by atoms with Gasteiger partial charge in [-0.3, -0.25) is 19.3 Å². The molecule has 3 amide bonds. The van der Waals surface area contributed by atoms with Gasteiger partial charge in [0.15, 0.2) is 0 Å². The minimum absolute atomic E-state index is 0.0505. The van der Waals surface area contributed by atoms with Crippen molar-refractivity contribution in [3.8, 4) is 0 Å². The number of carbonyl (C=O) groups excluding carboxylic acids is 3. The van der Waals surface area contributed by atoms with Gasteiger partial charge in [-0.05, 0) is 24.8 Å². The van der Waals surface area contributed by atoms with Gasteiger partial charge in [0, 0.05) is 13.0 Å². The third-order valence-electron chi connectivity index (χ3n) is 5.11. The van der Waals surface area contributed by atoms with Gasteiger partial charge in [-0.15, -0.1) is 0 Å². The first-order valence-corrected chi connectivity index (χ1v) is 8.96. The second kappa shape index (κ2) is 7.64. The van der Waals surface area contributed by atoms with Gasteiger partial charge in [0.2, 0.25) is 17.7 Å². The predicted molar refractivity (Wildman–Crippen MR) is 94.3 cm³/mol. The van der Waals surface area contributed by atoms with Gasteiger partial charge in [0.25, 0.3) is 0 Å². The molecule has 1 fully saturated rings. The fraction of sp³-hybridized carbons (Fsp3) is 0.450. The van der Waals surface area contributed by atoms with Crippen LogP contribution < -0.4 is 5.32 Å². The molecule has 1 aliphatic carbocycles. The Morgan fingerprint density at radius 2 is 1.72 bits per heavy atom. The van der Waals surface area contributed by atoms with Crippen LogP contribution in [-0.2, 0) is 14.4 Å². The standard InChI is InChI=1S/C20H24N2O3/c1-2-17(14-8-4-3-5-9-14)21-18(23)12-13-22-19(24)15-10-6-7-11-16(15)20(22)25/h3-9,15-17H,2,10-13H2,1H3,(H,21,23)/t15-,16+,17?. The number of hydrogen-bond donors (Lipinski definition) is 1. The molecule has 0 aromatic heterocycles. The Morgan fingerprint density at radius 1 is 1.12 bits per heavy atom. The van der Waals surface area contributed by atoms with Gasteiger partial charge < -0.3 is 5.32 Å². The van der Waals surface area contributed by atoms with E-state index in [-0.39, 0.29) is 48.6 Å². The fourth-order valence-corrected chi connectivity index (χ4v) is 3.68. The van der Waals surface area contributed by atoms with Crippen molar-refractivity contribution in [2.24, 2.45) is 11.8 Å². The Balaban J connectivity index is 1.55. The van der Waals surface area contributed by atoms with Crippen molar-refractivity contribution in [3.05, 3.63) is 48.0 Å². The lowest BCUT2D eigenvalue weighted by atomic mass is 9.85. The molecule has 5 heteroatoms. The Morgan fingerprint density at radius 3 is 2.28 bits per heavy atom. The lowest BCUT2D eigenvalue weighted by Crippen LogP contribution is -2.36. The lowest BCUT2D eigenvalue weighted by Gasteiger charge is -2.19. The number of nitrogens with one attached hydrogen (secondary N) is 1. The first-order chi connectivity index (χ1) is 12.1. The third-order valence-corrected chi connectivity index (χ3v) is 5.11. The number of carbonyl (C=O) groups is 3. The van der Waals surface area contributed by atoms with E-state index in [1.165, 1.54) is 4.90 Å². The lowest BCUT2D eigenvalue weighted by molar-refractivity contribution is -0.140. The molecule has 1 N–H and O–H groups in total. The van der Waals surface area contributed by atoms with E-state index >= 15 is 0 Å². The second-order valence-electron chi connectivity index (χ2n) is 6.67. The number of fused-ring (bicyclic) bond motifs is 1. The molecule has 1 aromatic rings. The molecule has 1 unspecified atom stereocenters. The smallest absolute Gasteiger partial charge is 0.233 e. The quantitative estimate of drug-likeness (QED) is 0.639. The predicted octanol–water partition coefficient (Wildman–Crippen LogP) is 2.60. The monoisotopic (exact) mass is 340 g/mol. The van der Waals surface area contributed by atoms with E-state index in [0.29, 0.717) is 12.8 Å². The van der Waals surface area contributed by atoms with Gasteiger partial charge in [0.05, 0.1) is 17.9 Å². The summed E-state index contributed by atoms with van der Waals surface area (Å²) < 4.78 is 0. The number of likely N-dealkylation sites (tertiary alicyclic amines) is 1. The first-order valence-electron chi connectivity index (χ1n) is 8.96. The summed E-state index contributed by atoms with van der Waals surface area (Å²) in [5.41, 5.74) is 1.06. The van der Waals surface area contributed by atoms with Crippen molar-refractivity contribution in [2.75, 3.05) is 6.54 Å². The van der Waals surface area contributed by atoms with Gasteiger partial charge in [0.1, 0.15) is 0 Å². The first kappa shape index (κ1) is 17.4. The van der Waals surface area contributed by atoms with E-state index in [1.807, 2.05) is 49.4 Å². The van der Waals surface area contributed by atoms with E-state index in [0.717, 1.165) is 12.0 Å². The zero-order valence-corrected chi connectivity index (χ0v) is 14.5. The maximum absolute atomic E-state index is 12.4. The van der Waals surface area contributed by atoms with Crippen LogP contribution >= 0.6 is 0 Å². The molecule has 1 aromatic carbocycles. The summed E-state index contributed by atoms with van der Waals surface area (Å²) >= 11 is 0. The van der Waals surface area contributed by atoms with Crippen LogP contribution in [0.4, 0.5) is 0 Å². The summed E-state index contributed by atoms with van der Waals surface area (Å²) in [5, 5.41) is 3.00. The third kappa shape index (κ3) is 3.65. The molecule has 2 aliphatic rings. The summed E-state index contributed by atoms with van der Waals surface area (Å²) in [6, 6.07) is 9.75. The van der Waals surface area contributed by atoms with Crippen LogP contribution in [0.1, 0.15) is 44.2 Å². The maximum atomic E-state index is 12.4. The van der Waals surface area contributed by atoms with Crippen LogP contribution in [-0.4, -0.2) is 29.2 Å².